The van der Waals surface area contributed by atoms with E-state index in [2.05, 4.69) is 6.92 Å². The van der Waals surface area contributed by atoms with Gasteiger partial charge in [0.05, 0.1) is 12.7 Å². The van der Waals surface area contributed by atoms with Crippen LogP contribution in [0.5, 0.6) is 5.75 Å². The summed E-state index contributed by atoms with van der Waals surface area (Å²) in [7, 11) is 0. The minimum atomic E-state index is -0.526. The van der Waals surface area contributed by atoms with E-state index in [1.165, 1.54) is 12.1 Å². The average molecular weight is 293 g/mol. The van der Waals surface area contributed by atoms with Crippen LogP contribution in [0.1, 0.15) is 25.3 Å². The molecule has 1 saturated heterocycles. The molecule has 2 heterocycles. The maximum Gasteiger partial charge on any atom is 0.264 e. The molecule has 5 heteroatoms. The average Bonchev–Trinajstić information content (AvgIpc) is 2.90. The Morgan fingerprint density at radius 2 is 2.33 bits per heavy atom. The molecule has 1 aromatic carbocycles. The van der Waals surface area contributed by atoms with Crippen LogP contribution < -0.4 is 4.74 Å². The highest BCUT2D eigenvalue weighted by Crippen LogP contribution is 2.30. The van der Waals surface area contributed by atoms with Crippen LogP contribution in [0.15, 0.2) is 18.2 Å². The molecule has 2 aliphatic rings. The number of morpholine rings is 1. The highest BCUT2D eigenvalue weighted by Gasteiger charge is 2.34. The van der Waals surface area contributed by atoms with Gasteiger partial charge in [-0.3, -0.25) is 4.79 Å². The lowest BCUT2D eigenvalue weighted by atomic mass is 10.1. The number of ether oxygens (including phenoxy) is 2. The first kappa shape index (κ1) is 14.3. The molecule has 0 radical (unpaired) electrons. The third-order valence-corrected chi connectivity index (χ3v) is 4.03. The third kappa shape index (κ3) is 3.02. The summed E-state index contributed by atoms with van der Waals surface area (Å²) in [4.78, 5) is 14.4. The van der Waals surface area contributed by atoms with Crippen LogP contribution in [0.2, 0.25) is 0 Å². The Balaban J connectivity index is 1.64. The molecule has 3 rings (SSSR count). The van der Waals surface area contributed by atoms with Gasteiger partial charge in [0.1, 0.15) is 11.6 Å². The van der Waals surface area contributed by atoms with E-state index >= 15 is 0 Å². The number of carbonyl (C=O) groups excluding carboxylic acids is 1. The van der Waals surface area contributed by atoms with E-state index in [1.807, 2.05) is 4.90 Å². The van der Waals surface area contributed by atoms with E-state index in [9.17, 15) is 9.18 Å². The van der Waals surface area contributed by atoms with Crippen LogP contribution in [0, 0.1) is 5.82 Å². The Morgan fingerprint density at radius 3 is 3.14 bits per heavy atom. The van der Waals surface area contributed by atoms with Gasteiger partial charge in [-0.2, -0.15) is 0 Å². The molecule has 1 aromatic rings. The molecule has 4 nitrogen and oxygen atoms in total. The van der Waals surface area contributed by atoms with E-state index in [0.717, 1.165) is 18.4 Å². The molecule has 114 valence electrons. The van der Waals surface area contributed by atoms with Gasteiger partial charge in [0.2, 0.25) is 0 Å². The van der Waals surface area contributed by atoms with Crippen LogP contribution in [0.4, 0.5) is 4.39 Å². The van der Waals surface area contributed by atoms with Crippen LogP contribution >= 0.6 is 0 Å². The van der Waals surface area contributed by atoms with Gasteiger partial charge in [0, 0.05) is 25.1 Å². The first-order valence-corrected chi connectivity index (χ1v) is 7.53. The first-order chi connectivity index (χ1) is 10.2. The number of hydrogen-bond donors (Lipinski definition) is 0. The summed E-state index contributed by atoms with van der Waals surface area (Å²) >= 11 is 0. The summed E-state index contributed by atoms with van der Waals surface area (Å²) in [5, 5.41) is 0. The fraction of sp³-hybridized carbons (Fsp3) is 0.562. The number of benzene rings is 1. The van der Waals surface area contributed by atoms with Crippen molar-refractivity contribution in [3.8, 4) is 5.75 Å². The number of rotatable bonds is 3. The maximum absolute atomic E-state index is 13.2. The molecular formula is C16H20FNO3. The topological polar surface area (TPSA) is 38.8 Å². The molecule has 0 N–H and O–H groups in total. The van der Waals surface area contributed by atoms with E-state index in [0.29, 0.717) is 31.9 Å². The minimum Gasteiger partial charge on any atom is -0.480 e. The smallest absolute Gasteiger partial charge is 0.264 e. The standard InChI is InChI=1S/C16H20FNO3/c1-2-3-13-10-18(6-7-20-13)16(19)15-9-11-8-12(17)4-5-14(11)21-15/h4-5,8,13,15H,2-3,6-7,9-10H2,1H3/t13-,15-/m1/s1. The third-order valence-electron chi connectivity index (χ3n) is 4.03. The van der Waals surface area contributed by atoms with Gasteiger partial charge >= 0.3 is 0 Å². The van der Waals surface area contributed by atoms with Gasteiger partial charge in [0.15, 0.2) is 6.10 Å². The zero-order valence-electron chi connectivity index (χ0n) is 12.2. The number of nitrogens with zero attached hydrogens (tertiary/aromatic N) is 1. The predicted molar refractivity (Wildman–Crippen MR) is 75.7 cm³/mol. The number of amides is 1. The van der Waals surface area contributed by atoms with E-state index in [4.69, 9.17) is 9.47 Å². The van der Waals surface area contributed by atoms with Crippen LogP contribution in [0.3, 0.4) is 0 Å². The quantitative estimate of drug-likeness (QED) is 0.857. The zero-order chi connectivity index (χ0) is 14.8. The normalized spacial score (nSPS) is 24.6. The summed E-state index contributed by atoms with van der Waals surface area (Å²) in [5.74, 6) is 0.309. The molecule has 1 amide bonds. The monoisotopic (exact) mass is 293 g/mol. The van der Waals surface area contributed by atoms with Crippen LogP contribution in [0.25, 0.3) is 0 Å². The van der Waals surface area contributed by atoms with Crippen molar-refractivity contribution in [1.29, 1.82) is 0 Å². The first-order valence-electron chi connectivity index (χ1n) is 7.53. The molecule has 0 unspecified atom stereocenters. The molecule has 21 heavy (non-hydrogen) atoms. The number of carbonyl (C=O) groups is 1. The molecule has 2 atom stereocenters. The van der Waals surface area contributed by atoms with Gasteiger partial charge in [0.25, 0.3) is 5.91 Å². The second kappa shape index (κ2) is 6.02. The lowest BCUT2D eigenvalue weighted by Gasteiger charge is -2.34. The van der Waals surface area contributed by atoms with E-state index < -0.39 is 6.10 Å². The fourth-order valence-corrected chi connectivity index (χ4v) is 2.97. The van der Waals surface area contributed by atoms with Crippen molar-refractivity contribution in [2.45, 2.75) is 38.4 Å². The largest absolute Gasteiger partial charge is 0.480 e. The predicted octanol–water partition coefficient (Wildman–Crippen LogP) is 2.16. The van der Waals surface area contributed by atoms with Crippen molar-refractivity contribution in [1.82, 2.24) is 4.90 Å². The zero-order valence-corrected chi connectivity index (χ0v) is 12.2. The van der Waals surface area contributed by atoms with Crippen molar-refractivity contribution < 1.29 is 18.7 Å². The van der Waals surface area contributed by atoms with Crippen molar-refractivity contribution in [2.24, 2.45) is 0 Å². The molecule has 0 bridgehead atoms. The number of halogens is 1. The molecule has 0 saturated carbocycles. The van der Waals surface area contributed by atoms with Crippen molar-refractivity contribution >= 4 is 5.91 Å². The van der Waals surface area contributed by atoms with Crippen molar-refractivity contribution in [3.63, 3.8) is 0 Å². The number of hydrogen-bond acceptors (Lipinski definition) is 3. The summed E-state index contributed by atoms with van der Waals surface area (Å²) < 4.78 is 24.5. The van der Waals surface area contributed by atoms with Gasteiger partial charge in [-0.1, -0.05) is 13.3 Å². The molecule has 0 aliphatic carbocycles. The lowest BCUT2D eigenvalue weighted by Crippen LogP contribution is -2.50. The van der Waals surface area contributed by atoms with Crippen molar-refractivity contribution in [2.75, 3.05) is 19.7 Å². The SMILES string of the molecule is CCC[C@@H]1CN(C(=O)[C@H]2Cc3cc(F)ccc3O2)CCO1. The van der Waals surface area contributed by atoms with Crippen LogP contribution in [-0.2, 0) is 16.0 Å². The Bertz CT molecular complexity index is 532. The molecular weight excluding hydrogens is 273 g/mol. The van der Waals surface area contributed by atoms with Crippen LogP contribution in [-0.4, -0.2) is 42.7 Å². The second-order valence-corrected chi connectivity index (χ2v) is 5.63. The van der Waals surface area contributed by atoms with Gasteiger partial charge in [-0.15, -0.1) is 0 Å². The fourth-order valence-electron chi connectivity index (χ4n) is 2.97. The maximum atomic E-state index is 13.2. The minimum absolute atomic E-state index is 0.0176. The summed E-state index contributed by atoms with van der Waals surface area (Å²) in [5.41, 5.74) is 0.770. The van der Waals surface area contributed by atoms with Gasteiger partial charge < -0.3 is 14.4 Å². The molecule has 1 fully saturated rings. The molecule has 0 spiro atoms. The Kier molecular flexibility index (Phi) is 4.10. The van der Waals surface area contributed by atoms with Crippen molar-refractivity contribution in [3.05, 3.63) is 29.6 Å². The Morgan fingerprint density at radius 1 is 1.48 bits per heavy atom. The second-order valence-electron chi connectivity index (χ2n) is 5.63. The van der Waals surface area contributed by atoms with Gasteiger partial charge in [-0.05, 0) is 24.6 Å². The highest BCUT2D eigenvalue weighted by atomic mass is 19.1. The Hall–Kier alpha value is -1.62. The highest BCUT2D eigenvalue weighted by molar-refractivity contribution is 5.82. The summed E-state index contributed by atoms with van der Waals surface area (Å²) in [6, 6.07) is 4.40. The summed E-state index contributed by atoms with van der Waals surface area (Å²) in [6.45, 7) is 3.90. The number of fused-ring (bicyclic) bond motifs is 1. The summed E-state index contributed by atoms with van der Waals surface area (Å²) in [6.07, 6.45) is 2.04. The molecule has 2 aliphatic heterocycles. The van der Waals surface area contributed by atoms with Gasteiger partial charge in [-0.25, -0.2) is 4.39 Å². The van der Waals surface area contributed by atoms with E-state index in [1.54, 1.807) is 6.07 Å². The van der Waals surface area contributed by atoms with E-state index in [-0.39, 0.29) is 17.8 Å². The lowest BCUT2D eigenvalue weighted by molar-refractivity contribution is -0.145. The Labute approximate surface area is 123 Å². The molecule has 0 aromatic heterocycles.